The Morgan fingerprint density at radius 1 is 1.00 bits per heavy atom. The predicted octanol–water partition coefficient (Wildman–Crippen LogP) is 2.21. The second-order valence-electron chi connectivity index (χ2n) is 6.99. The average molecular weight is 382 g/mol. The molecular weight excluding hydrogens is 352 g/mol. The van der Waals surface area contributed by atoms with Crippen molar-refractivity contribution < 1.29 is 33.5 Å². The summed E-state index contributed by atoms with van der Waals surface area (Å²) >= 11 is 0. The van der Waals surface area contributed by atoms with Crippen molar-refractivity contribution in [1.82, 2.24) is 0 Å². The third-order valence-corrected chi connectivity index (χ3v) is 5.05. The van der Waals surface area contributed by atoms with Crippen LogP contribution < -0.4 is 0 Å². The summed E-state index contributed by atoms with van der Waals surface area (Å²) < 4.78 is 35.8. The van der Waals surface area contributed by atoms with Gasteiger partial charge in [-0.05, 0) is 33.3 Å². The summed E-state index contributed by atoms with van der Waals surface area (Å²) in [6.07, 6.45) is -2.84. The van der Waals surface area contributed by atoms with Crippen LogP contribution in [0.2, 0.25) is 0 Å². The monoisotopic (exact) mass is 382 g/mol. The van der Waals surface area contributed by atoms with E-state index in [4.69, 9.17) is 28.4 Å². The van der Waals surface area contributed by atoms with E-state index in [9.17, 15) is 5.11 Å². The highest BCUT2D eigenvalue weighted by Crippen LogP contribution is 2.43. The Kier molecular flexibility index (Phi) is 6.53. The molecule has 0 radical (unpaired) electrons. The first-order valence-electron chi connectivity index (χ1n) is 9.51. The third-order valence-electron chi connectivity index (χ3n) is 5.05. The van der Waals surface area contributed by atoms with Gasteiger partial charge in [-0.15, -0.1) is 0 Å². The van der Waals surface area contributed by atoms with E-state index in [1.54, 1.807) is 13.8 Å². The fraction of sp³-hybridized carbons (Fsp3) is 0.700. The minimum absolute atomic E-state index is 0.0948. The van der Waals surface area contributed by atoms with Gasteiger partial charge in [0.1, 0.15) is 18.3 Å². The molecule has 7 heteroatoms. The maximum atomic E-state index is 10.4. The van der Waals surface area contributed by atoms with E-state index < -0.39 is 36.2 Å². The molecule has 7 nitrogen and oxygen atoms in total. The van der Waals surface area contributed by atoms with Gasteiger partial charge in [0.15, 0.2) is 6.29 Å². The van der Waals surface area contributed by atoms with Gasteiger partial charge >= 0.3 is 0 Å². The van der Waals surface area contributed by atoms with Crippen LogP contribution in [0.5, 0.6) is 0 Å². The molecule has 2 aliphatic heterocycles. The normalized spacial score (nSPS) is 39.1. The van der Waals surface area contributed by atoms with Crippen LogP contribution in [0.15, 0.2) is 30.3 Å². The zero-order chi connectivity index (χ0) is 19.5. The summed E-state index contributed by atoms with van der Waals surface area (Å²) in [7, 11) is 0. The Bertz CT molecular complexity index is 597. The van der Waals surface area contributed by atoms with Crippen molar-refractivity contribution in [3.63, 3.8) is 0 Å². The van der Waals surface area contributed by atoms with Crippen molar-refractivity contribution in [2.45, 2.75) is 70.5 Å². The Morgan fingerprint density at radius 2 is 1.59 bits per heavy atom. The zero-order valence-electron chi connectivity index (χ0n) is 16.4. The van der Waals surface area contributed by atoms with Crippen LogP contribution in [0.1, 0.15) is 33.3 Å². The van der Waals surface area contributed by atoms with E-state index in [0.29, 0.717) is 19.8 Å². The summed E-state index contributed by atoms with van der Waals surface area (Å²) in [6.45, 7) is 8.59. The molecular formula is C20H30O7. The lowest BCUT2D eigenvalue weighted by atomic mass is 9.98. The molecule has 0 unspecified atom stereocenters. The molecule has 0 amide bonds. The van der Waals surface area contributed by atoms with E-state index in [1.807, 2.05) is 44.2 Å². The van der Waals surface area contributed by atoms with Gasteiger partial charge < -0.3 is 33.5 Å². The van der Waals surface area contributed by atoms with Crippen molar-refractivity contribution in [3.8, 4) is 0 Å². The van der Waals surface area contributed by atoms with Crippen molar-refractivity contribution in [3.05, 3.63) is 35.9 Å². The summed E-state index contributed by atoms with van der Waals surface area (Å²) in [5.41, 5.74) is 1.02. The summed E-state index contributed by atoms with van der Waals surface area (Å²) in [5.74, 6) is -2.34. The van der Waals surface area contributed by atoms with Gasteiger partial charge in [-0.25, -0.2) is 0 Å². The molecule has 6 atom stereocenters. The molecule has 3 rings (SSSR count). The van der Waals surface area contributed by atoms with Crippen LogP contribution in [0.25, 0.3) is 0 Å². The molecule has 0 aromatic heterocycles. The molecule has 2 aliphatic rings. The minimum atomic E-state index is -1.17. The molecule has 0 bridgehead atoms. The van der Waals surface area contributed by atoms with Crippen LogP contribution >= 0.6 is 0 Å². The fourth-order valence-electron chi connectivity index (χ4n) is 3.54. The van der Waals surface area contributed by atoms with Crippen LogP contribution in [0.4, 0.5) is 0 Å². The molecule has 1 aromatic rings. The van der Waals surface area contributed by atoms with Crippen LogP contribution in [0, 0.1) is 0 Å². The molecule has 2 heterocycles. The van der Waals surface area contributed by atoms with Gasteiger partial charge in [-0.3, -0.25) is 0 Å². The summed E-state index contributed by atoms with van der Waals surface area (Å²) in [6, 6.07) is 9.81. The SMILES string of the molecule is CCO[C@]1(C)O[C@@H]2[C@@H](O[C@@]1(C)OCC)[C@@H](OCc1ccccc1)OC[C@@H]2O. The topological polar surface area (TPSA) is 75.6 Å². The van der Waals surface area contributed by atoms with Gasteiger partial charge in [0.2, 0.25) is 11.6 Å². The van der Waals surface area contributed by atoms with Crippen LogP contribution in [-0.2, 0) is 35.0 Å². The van der Waals surface area contributed by atoms with Gasteiger partial charge in [-0.1, -0.05) is 30.3 Å². The van der Waals surface area contributed by atoms with Crippen LogP contribution in [-0.4, -0.2) is 61.1 Å². The molecule has 0 saturated carbocycles. The number of hydrogen-bond acceptors (Lipinski definition) is 7. The second-order valence-corrected chi connectivity index (χ2v) is 6.99. The number of ether oxygens (including phenoxy) is 6. The van der Waals surface area contributed by atoms with E-state index in [2.05, 4.69) is 0 Å². The largest absolute Gasteiger partial charge is 0.388 e. The van der Waals surface area contributed by atoms with E-state index in [1.165, 1.54) is 0 Å². The molecule has 152 valence electrons. The van der Waals surface area contributed by atoms with Gasteiger partial charge in [0, 0.05) is 13.2 Å². The van der Waals surface area contributed by atoms with Crippen LogP contribution in [0.3, 0.4) is 0 Å². The standard InChI is InChI=1S/C20H30O7/c1-5-24-19(3)20(4,25-6-2)27-17-16(26-19)15(21)13-23-18(17)22-12-14-10-8-7-9-11-14/h7-11,15-18,21H,5-6,12-13H2,1-4H3/t15-,16-,17+,18-,19+,20+/m0/s1. The summed E-state index contributed by atoms with van der Waals surface area (Å²) in [4.78, 5) is 0. The maximum Gasteiger partial charge on any atom is 0.221 e. The quantitative estimate of drug-likeness (QED) is 0.775. The lowest BCUT2D eigenvalue weighted by Crippen LogP contribution is -2.71. The molecule has 0 aliphatic carbocycles. The maximum absolute atomic E-state index is 10.4. The number of benzene rings is 1. The first-order valence-corrected chi connectivity index (χ1v) is 9.51. The average Bonchev–Trinajstić information content (AvgIpc) is 2.64. The van der Waals surface area contributed by atoms with E-state index in [0.717, 1.165) is 5.56 Å². The van der Waals surface area contributed by atoms with Crippen molar-refractivity contribution in [2.75, 3.05) is 19.8 Å². The van der Waals surface area contributed by atoms with Crippen molar-refractivity contribution in [1.29, 1.82) is 0 Å². The molecule has 2 fully saturated rings. The molecule has 27 heavy (non-hydrogen) atoms. The highest BCUT2D eigenvalue weighted by Gasteiger charge is 2.61. The summed E-state index contributed by atoms with van der Waals surface area (Å²) in [5, 5.41) is 10.4. The van der Waals surface area contributed by atoms with E-state index in [-0.39, 0.29) is 6.61 Å². The molecule has 0 spiro atoms. The molecule has 2 saturated heterocycles. The second kappa shape index (κ2) is 8.53. The van der Waals surface area contributed by atoms with Gasteiger partial charge in [0.05, 0.1) is 13.2 Å². The number of aliphatic hydroxyl groups excluding tert-OH is 1. The number of fused-ring (bicyclic) bond motifs is 1. The smallest absolute Gasteiger partial charge is 0.221 e. The van der Waals surface area contributed by atoms with Gasteiger partial charge in [-0.2, -0.15) is 0 Å². The number of hydrogen-bond donors (Lipinski definition) is 1. The lowest BCUT2D eigenvalue weighted by Gasteiger charge is -2.55. The Balaban J connectivity index is 1.78. The zero-order valence-corrected chi connectivity index (χ0v) is 16.4. The Hall–Kier alpha value is -1.06. The highest BCUT2D eigenvalue weighted by molar-refractivity contribution is 5.13. The third kappa shape index (κ3) is 4.19. The molecule has 1 N–H and O–H groups in total. The predicted molar refractivity (Wildman–Crippen MR) is 96.8 cm³/mol. The highest BCUT2D eigenvalue weighted by atomic mass is 16.8. The van der Waals surface area contributed by atoms with Crippen molar-refractivity contribution in [2.24, 2.45) is 0 Å². The first-order chi connectivity index (χ1) is 12.9. The Labute approximate surface area is 160 Å². The number of rotatable bonds is 7. The lowest BCUT2D eigenvalue weighted by molar-refractivity contribution is -0.485. The Morgan fingerprint density at radius 3 is 2.19 bits per heavy atom. The number of aliphatic hydroxyl groups is 1. The molecule has 1 aromatic carbocycles. The van der Waals surface area contributed by atoms with Gasteiger partial charge in [0.25, 0.3) is 0 Å². The fourth-order valence-corrected chi connectivity index (χ4v) is 3.54. The minimum Gasteiger partial charge on any atom is -0.388 e. The first kappa shape index (κ1) is 20.7. The van der Waals surface area contributed by atoms with E-state index >= 15 is 0 Å². The van der Waals surface area contributed by atoms with Crippen molar-refractivity contribution >= 4 is 0 Å².